The lowest BCUT2D eigenvalue weighted by Gasteiger charge is -2.28. The van der Waals surface area contributed by atoms with Crippen LogP contribution in [0, 0.1) is 0 Å². The number of amides is 1. The monoisotopic (exact) mass is 329 g/mol. The van der Waals surface area contributed by atoms with E-state index < -0.39 is 5.60 Å². The van der Waals surface area contributed by atoms with Crippen LogP contribution in [0.3, 0.4) is 0 Å². The third kappa shape index (κ3) is 7.74. The summed E-state index contributed by atoms with van der Waals surface area (Å²) in [5.41, 5.74) is -0.844. The van der Waals surface area contributed by atoms with E-state index in [4.69, 9.17) is 11.6 Å². The molecule has 0 radical (unpaired) electrons. The minimum atomic E-state index is -0.844. The van der Waals surface area contributed by atoms with Crippen LogP contribution in [0.25, 0.3) is 0 Å². The van der Waals surface area contributed by atoms with Crippen LogP contribution in [0.1, 0.15) is 33.6 Å². The third-order valence-electron chi connectivity index (χ3n) is 2.93. The van der Waals surface area contributed by atoms with Crippen LogP contribution in [0.15, 0.2) is 29.2 Å². The second-order valence-corrected chi connectivity index (χ2v) is 7.23. The van der Waals surface area contributed by atoms with Gasteiger partial charge in [0, 0.05) is 29.4 Å². The predicted molar refractivity (Wildman–Crippen MR) is 90.0 cm³/mol. The summed E-state index contributed by atoms with van der Waals surface area (Å²) in [4.78, 5) is 15.0. The minimum absolute atomic E-state index is 0.108. The molecule has 1 amide bonds. The fourth-order valence-corrected chi connectivity index (χ4v) is 2.92. The lowest BCUT2D eigenvalue weighted by molar-refractivity contribution is -0.133. The molecule has 0 spiro atoms. The Bertz CT molecular complexity index is 443. The Morgan fingerprint density at radius 1 is 1.33 bits per heavy atom. The Labute approximate surface area is 136 Å². The summed E-state index contributed by atoms with van der Waals surface area (Å²) in [5, 5.41) is 10.5. The van der Waals surface area contributed by atoms with E-state index in [1.807, 2.05) is 31.2 Å². The number of aliphatic hydroxyl groups is 1. The first-order valence-electron chi connectivity index (χ1n) is 7.20. The van der Waals surface area contributed by atoms with Crippen LogP contribution in [0.4, 0.5) is 0 Å². The number of nitrogens with zero attached hydrogens (tertiary/aromatic N) is 1. The molecule has 1 N–H and O–H groups in total. The Balaban J connectivity index is 2.30. The molecule has 5 heteroatoms. The van der Waals surface area contributed by atoms with Gasteiger partial charge < -0.3 is 10.0 Å². The van der Waals surface area contributed by atoms with Gasteiger partial charge in [0.1, 0.15) is 0 Å². The van der Waals surface area contributed by atoms with Crippen molar-refractivity contribution in [3.05, 3.63) is 29.3 Å². The van der Waals surface area contributed by atoms with Gasteiger partial charge in [-0.3, -0.25) is 4.79 Å². The molecule has 3 nitrogen and oxygen atoms in total. The van der Waals surface area contributed by atoms with Gasteiger partial charge in [-0.05, 0) is 57.2 Å². The maximum atomic E-state index is 12.1. The zero-order valence-corrected chi connectivity index (χ0v) is 14.5. The highest BCUT2D eigenvalue weighted by molar-refractivity contribution is 7.99. The molecule has 0 aliphatic carbocycles. The number of carbonyl (C=O) groups excluding carboxylic acids is 1. The number of benzene rings is 1. The summed E-state index contributed by atoms with van der Waals surface area (Å²) in [6.07, 6.45) is 1.35. The Kier molecular flexibility index (Phi) is 7.57. The number of hydrogen-bond acceptors (Lipinski definition) is 3. The summed E-state index contributed by atoms with van der Waals surface area (Å²) < 4.78 is 0. The van der Waals surface area contributed by atoms with Crippen LogP contribution >= 0.6 is 23.4 Å². The maximum absolute atomic E-state index is 12.1. The average molecular weight is 330 g/mol. The van der Waals surface area contributed by atoms with Crippen LogP contribution in [0.2, 0.25) is 5.02 Å². The normalized spacial score (nSPS) is 11.5. The fraction of sp³-hybridized carbons (Fsp3) is 0.562. The van der Waals surface area contributed by atoms with E-state index in [0.29, 0.717) is 19.5 Å². The SMILES string of the molecule is CCN(CC(C)(C)O)C(=O)CCCSc1ccc(Cl)cc1. The molecule has 0 unspecified atom stereocenters. The zero-order chi connectivity index (χ0) is 15.9. The zero-order valence-electron chi connectivity index (χ0n) is 12.9. The van der Waals surface area contributed by atoms with E-state index in [9.17, 15) is 9.90 Å². The minimum Gasteiger partial charge on any atom is -0.389 e. The van der Waals surface area contributed by atoms with E-state index in [2.05, 4.69) is 0 Å². The van der Waals surface area contributed by atoms with Gasteiger partial charge >= 0.3 is 0 Å². The standard InChI is InChI=1S/C16H24ClNO2S/c1-4-18(12-16(2,3)20)15(19)6-5-11-21-14-9-7-13(17)8-10-14/h7-10,20H,4-6,11-12H2,1-3H3. The van der Waals surface area contributed by atoms with Gasteiger partial charge in [-0.2, -0.15) is 0 Å². The van der Waals surface area contributed by atoms with Crippen molar-refractivity contribution in [1.82, 2.24) is 4.90 Å². The number of likely N-dealkylation sites (N-methyl/N-ethyl adjacent to an activating group) is 1. The first-order chi connectivity index (χ1) is 9.81. The van der Waals surface area contributed by atoms with Crippen molar-refractivity contribution in [2.45, 2.75) is 44.1 Å². The highest BCUT2D eigenvalue weighted by atomic mass is 35.5. The van der Waals surface area contributed by atoms with Crippen molar-refractivity contribution in [2.24, 2.45) is 0 Å². The highest BCUT2D eigenvalue weighted by Gasteiger charge is 2.20. The lowest BCUT2D eigenvalue weighted by atomic mass is 10.1. The van der Waals surface area contributed by atoms with Crippen LogP contribution in [-0.4, -0.2) is 40.4 Å². The maximum Gasteiger partial charge on any atom is 0.222 e. The molecule has 0 atom stereocenters. The molecule has 0 heterocycles. The Morgan fingerprint density at radius 2 is 1.95 bits per heavy atom. The first-order valence-corrected chi connectivity index (χ1v) is 8.56. The Hall–Kier alpha value is -0.710. The quantitative estimate of drug-likeness (QED) is 0.582. The van der Waals surface area contributed by atoms with Gasteiger partial charge in [0.05, 0.1) is 5.60 Å². The number of carbonyl (C=O) groups is 1. The molecule has 1 rings (SSSR count). The smallest absolute Gasteiger partial charge is 0.222 e. The fourth-order valence-electron chi connectivity index (χ4n) is 1.95. The molecule has 21 heavy (non-hydrogen) atoms. The van der Waals surface area contributed by atoms with Gasteiger partial charge in [0.2, 0.25) is 5.91 Å². The second kappa shape index (κ2) is 8.66. The molecule has 0 aliphatic heterocycles. The van der Waals surface area contributed by atoms with Crippen LogP contribution in [-0.2, 0) is 4.79 Å². The van der Waals surface area contributed by atoms with E-state index in [1.165, 1.54) is 0 Å². The molecule has 0 aliphatic rings. The predicted octanol–water partition coefficient (Wildman–Crippen LogP) is 3.83. The molecular weight excluding hydrogens is 306 g/mol. The number of hydrogen-bond donors (Lipinski definition) is 1. The van der Waals surface area contributed by atoms with Crippen molar-refractivity contribution >= 4 is 29.3 Å². The summed E-state index contributed by atoms with van der Waals surface area (Å²) in [7, 11) is 0. The van der Waals surface area contributed by atoms with Gasteiger partial charge in [0.25, 0.3) is 0 Å². The molecular formula is C16H24ClNO2S. The molecule has 118 valence electrons. The average Bonchev–Trinajstić information content (AvgIpc) is 2.41. The van der Waals surface area contributed by atoms with Crippen molar-refractivity contribution in [2.75, 3.05) is 18.8 Å². The van der Waals surface area contributed by atoms with Gasteiger partial charge in [-0.1, -0.05) is 11.6 Å². The topological polar surface area (TPSA) is 40.5 Å². The molecule has 1 aromatic rings. The van der Waals surface area contributed by atoms with E-state index in [1.54, 1.807) is 30.5 Å². The molecule has 0 fully saturated rings. The summed E-state index contributed by atoms with van der Waals surface area (Å²) >= 11 is 7.56. The van der Waals surface area contributed by atoms with Gasteiger partial charge in [-0.15, -0.1) is 11.8 Å². The summed E-state index contributed by atoms with van der Waals surface area (Å²) in [5.74, 6) is 1.00. The molecule has 1 aromatic carbocycles. The van der Waals surface area contributed by atoms with E-state index in [0.717, 1.165) is 22.1 Å². The van der Waals surface area contributed by atoms with Crippen LogP contribution in [0.5, 0.6) is 0 Å². The molecule has 0 saturated carbocycles. The number of rotatable bonds is 8. The molecule has 0 saturated heterocycles. The van der Waals surface area contributed by atoms with Crippen molar-refractivity contribution in [3.63, 3.8) is 0 Å². The van der Waals surface area contributed by atoms with E-state index in [-0.39, 0.29) is 5.91 Å². The first kappa shape index (κ1) is 18.3. The van der Waals surface area contributed by atoms with Gasteiger partial charge in [0.15, 0.2) is 0 Å². The van der Waals surface area contributed by atoms with E-state index >= 15 is 0 Å². The van der Waals surface area contributed by atoms with Crippen LogP contribution < -0.4 is 0 Å². The molecule has 0 aromatic heterocycles. The highest BCUT2D eigenvalue weighted by Crippen LogP contribution is 2.21. The molecule has 0 bridgehead atoms. The summed E-state index contributed by atoms with van der Waals surface area (Å²) in [6.45, 7) is 6.39. The van der Waals surface area contributed by atoms with Crippen molar-refractivity contribution in [1.29, 1.82) is 0 Å². The Morgan fingerprint density at radius 3 is 2.48 bits per heavy atom. The third-order valence-corrected chi connectivity index (χ3v) is 4.28. The summed E-state index contributed by atoms with van der Waals surface area (Å²) in [6, 6.07) is 7.72. The number of halogens is 1. The lowest BCUT2D eigenvalue weighted by Crippen LogP contribution is -2.42. The van der Waals surface area contributed by atoms with Crippen molar-refractivity contribution < 1.29 is 9.90 Å². The van der Waals surface area contributed by atoms with Gasteiger partial charge in [-0.25, -0.2) is 0 Å². The van der Waals surface area contributed by atoms with Crippen molar-refractivity contribution in [3.8, 4) is 0 Å². The second-order valence-electron chi connectivity index (χ2n) is 5.63. The largest absolute Gasteiger partial charge is 0.389 e. The number of thioether (sulfide) groups is 1.